The van der Waals surface area contributed by atoms with Crippen LogP contribution < -0.4 is 10.9 Å². The molecule has 150 valence electrons. The first-order valence-electron chi connectivity index (χ1n) is 9.58. The molecule has 0 bridgehead atoms. The van der Waals surface area contributed by atoms with E-state index in [1.807, 2.05) is 31.2 Å². The second-order valence-corrected chi connectivity index (χ2v) is 7.11. The summed E-state index contributed by atoms with van der Waals surface area (Å²) in [5.74, 6) is 0.506. The largest absolute Gasteiger partial charge is 0.376 e. The van der Waals surface area contributed by atoms with Gasteiger partial charge in [0.15, 0.2) is 0 Å². The number of rotatable bonds is 6. The quantitative estimate of drug-likeness (QED) is 0.688. The molecular formula is C21H22N4O4. The third kappa shape index (κ3) is 4.60. The van der Waals surface area contributed by atoms with E-state index in [0.717, 1.165) is 30.6 Å². The summed E-state index contributed by atoms with van der Waals surface area (Å²) in [6.45, 7) is 3.11. The zero-order valence-corrected chi connectivity index (χ0v) is 16.1. The molecule has 0 radical (unpaired) electrons. The van der Waals surface area contributed by atoms with Crippen molar-refractivity contribution in [1.29, 1.82) is 0 Å². The Morgan fingerprint density at radius 2 is 2.00 bits per heavy atom. The lowest BCUT2D eigenvalue weighted by Crippen LogP contribution is -2.36. The number of nitrogens with zero attached hydrogens (tertiary/aromatic N) is 3. The van der Waals surface area contributed by atoms with Crippen molar-refractivity contribution in [3.05, 3.63) is 58.5 Å². The minimum Gasteiger partial charge on any atom is -0.376 e. The van der Waals surface area contributed by atoms with E-state index in [1.165, 1.54) is 10.6 Å². The zero-order chi connectivity index (χ0) is 20.2. The molecule has 4 rings (SSSR count). The van der Waals surface area contributed by atoms with Crippen LogP contribution in [0.2, 0.25) is 0 Å². The molecule has 29 heavy (non-hydrogen) atoms. The Morgan fingerprint density at radius 3 is 2.76 bits per heavy atom. The molecule has 0 spiro atoms. The van der Waals surface area contributed by atoms with Crippen LogP contribution >= 0.6 is 0 Å². The lowest BCUT2D eigenvalue weighted by atomic mass is 10.1. The van der Waals surface area contributed by atoms with Crippen molar-refractivity contribution in [3.63, 3.8) is 0 Å². The number of pyridine rings is 1. The third-order valence-corrected chi connectivity index (χ3v) is 4.83. The number of aryl methyl sites for hydroxylation is 1. The molecule has 1 aliphatic heterocycles. The first-order chi connectivity index (χ1) is 14.1. The lowest BCUT2D eigenvalue weighted by molar-refractivity contribution is -0.122. The van der Waals surface area contributed by atoms with Crippen LogP contribution in [0.1, 0.15) is 18.4 Å². The zero-order valence-electron chi connectivity index (χ0n) is 16.1. The highest BCUT2D eigenvalue weighted by atomic mass is 16.5. The highest BCUT2D eigenvalue weighted by Crippen LogP contribution is 2.21. The molecule has 8 heteroatoms. The van der Waals surface area contributed by atoms with Gasteiger partial charge in [0.25, 0.3) is 11.4 Å². The van der Waals surface area contributed by atoms with Crippen LogP contribution in [0.15, 0.2) is 51.9 Å². The van der Waals surface area contributed by atoms with Crippen molar-refractivity contribution < 1.29 is 14.1 Å². The van der Waals surface area contributed by atoms with Gasteiger partial charge >= 0.3 is 0 Å². The Bertz CT molecular complexity index is 1050. The number of ether oxygens (including phenoxy) is 1. The maximum Gasteiger partial charge on any atom is 0.259 e. The van der Waals surface area contributed by atoms with Crippen molar-refractivity contribution >= 4 is 5.91 Å². The van der Waals surface area contributed by atoms with Crippen molar-refractivity contribution in [2.24, 2.45) is 0 Å². The fraction of sp³-hybridized carbons (Fsp3) is 0.333. The smallest absolute Gasteiger partial charge is 0.259 e. The van der Waals surface area contributed by atoms with Crippen molar-refractivity contribution in [3.8, 4) is 22.8 Å². The van der Waals surface area contributed by atoms with Gasteiger partial charge in [0.1, 0.15) is 6.54 Å². The summed E-state index contributed by atoms with van der Waals surface area (Å²) in [6.07, 6.45) is 3.56. The van der Waals surface area contributed by atoms with E-state index in [2.05, 4.69) is 15.5 Å². The summed E-state index contributed by atoms with van der Waals surface area (Å²) in [5, 5.41) is 6.83. The van der Waals surface area contributed by atoms with Gasteiger partial charge in [-0.1, -0.05) is 35.0 Å². The van der Waals surface area contributed by atoms with Gasteiger partial charge in [-0.05, 0) is 25.8 Å². The van der Waals surface area contributed by atoms with Gasteiger partial charge in [-0.15, -0.1) is 0 Å². The maximum atomic E-state index is 12.2. The van der Waals surface area contributed by atoms with Gasteiger partial charge in [-0.2, -0.15) is 4.98 Å². The average molecular weight is 394 g/mol. The lowest BCUT2D eigenvalue weighted by Gasteiger charge is -2.11. The fourth-order valence-electron chi connectivity index (χ4n) is 3.19. The minimum atomic E-state index is -0.278. The molecule has 3 aromatic rings. The number of benzene rings is 1. The number of nitrogens with one attached hydrogen (secondary N) is 1. The summed E-state index contributed by atoms with van der Waals surface area (Å²) in [6, 6.07) is 10.8. The molecule has 1 aliphatic rings. The third-order valence-electron chi connectivity index (χ3n) is 4.83. The molecule has 0 aliphatic carbocycles. The first-order valence-corrected chi connectivity index (χ1v) is 9.58. The standard InChI is InChI=1S/C21H22N4O4/c1-14-4-6-15(7-5-14)20-23-21(29-24-20)16-8-9-19(27)25(12-16)13-18(26)22-11-17-3-2-10-28-17/h4-9,12,17H,2-3,10-11,13H2,1H3,(H,22,26)/t17-/m0/s1. The van der Waals surface area contributed by atoms with E-state index in [-0.39, 0.29) is 30.0 Å². The summed E-state index contributed by atoms with van der Waals surface area (Å²) in [5.41, 5.74) is 2.27. The SMILES string of the molecule is Cc1ccc(-c2noc(-c3ccc(=O)n(CC(=O)NC[C@@H]4CCCO4)c3)n2)cc1. The van der Waals surface area contributed by atoms with Gasteiger partial charge < -0.3 is 19.1 Å². The van der Waals surface area contributed by atoms with Crippen molar-refractivity contribution in [1.82, 2.24) is 20.0 Å². The predicted molar refractivity (Wildman–Crippen MR) is 106 cm³/mol. The molecule has 1 atom stereocenters. The Morgan fingerprint density at radius 1 is 1.21 bits per heavy atom. The molecule has 1 N–H and O–H groups in total. The first kappa shape index (κ1) is 19.1. The van der Waals surface area contributed by atoms with Crippen LogP contribution in [0.5, 0.6) is 0 Å². The van der Waals surface area contributed by atoms with Crippen LogP contribution in [0.25, 0.3) is 22.8 Å². The van der Waals surface area contributed by atoms with Gasteiger partial charge in [-0.3, -0.25) is 9.59 Å². The molecule has 0 unspecified atom stereocenters. The monoisotopic (exact) mass is 394 g/mol. The number of amides is 1. The van der Waals surface area contributed by atoms with Crippen LogP contribution in [0, 0.1) is 6.92 Å². The topological polar surface area (TPSA) is 99.2 Å². The molecule has 1 saturated heterocycles. The van der Waals surface area contributed by atoms with E-state index < -0.39 is 0 Å². The Kier molecular flexibility index (Phi) is 5.53. The van der Waals surface area contributed by atoms with E-state index >= 15 is 0 Å². The van der Waals surface area contributed by atoms with Gasteiger partial charge in [0, 0.05) is 31.0 Å². The van der Waals surface area contributed by atoms with Gasteiger partial charge in [-0.25, -0.2) is 0 Å². The number of carbonyl (C=O) groups is 1. The molecule has 2 aromatic heterocycles. The number of aromatic nitrogens is 3. The summed E-state index contributed by atoms with van der Waals surface area (Å²) in [4.78, 5) is 28.8. The predicted octanol–water partition coefficient (Wildman–Crippen LogP) is 2.17. The molecule has 1 fully saturated rings. The molecular weight excluding hydrogens is 372 g/mol. The highest BCUT2D eigenvalue weighted by molar-refractivity contribution is 5.75. The summed E-state index contributed by atoms with van der Waals surface area (Å²) in [7, 11) is 0. The van der Waals surface area contributed by atoms with E-state index in [0.29, 0.717) is 17.9 Å². The molecule has 1 aromatic carbocycles. The van der Waals surface area contributed by atoms with Gasteiger partial charge in [0.2, 0.25) is 11.7 Å². The van der Waals surface area contributed by atoms with Crippen LogP contribution in [0.4, 0.5) is 0 Å². The summed E-state index contributed by atoms with van der Waals surface area (Å²) >= 11 is 0. The fourth-order valence-corrected chi connectivity index (χ4v) is 3.19. The molecule has 3 heterocycles. The Hall–Kier alpha value is -3.26. The normalized spacial score (nSPS) is 16.1. The second kappa shape index (κ2) is 8.40. The summed E-state index contributed by atoms with van der Waals surface area (Å²) < 4.78 is 12.2. The van der Waals surface area contributed by atoms with E-state index in [9.17, 15) is 9.59 Å². The molecule has 0 saturated carbocycles. The van der Waals surface area contributed by atoms with Gasteiger partial charge in [0.05, 0.1) is 11.7 Å². The molecule has 8 nitrogen and oxygen atoms in total. The minimum absolute atomic E-state index is 0.0561. The van der Waals surface area contributed by atoms with Crippen molar-refractivity contribution in [2.45, 2.75) is 32.4 Å². The number of hydrogen-bond donors (Lipinski definition) is 1. The number of carbonyl (C=O) groups excluding carboxylic acids is 1. The maximum absolute atomic E-state index is 12.2. The van der Waals surface area contributed by atoms with Crippen molar-refractivity contribution in [2.75, 3.05) is 13.2 Å². The second-order valence-electron chi connectivity index (χ2n) is 7.11. The van der Waals surface area contributed by atoms with Crippen LogP contribution in [0.3, 0.4) is 0 Å². The van der Waals surface area contributed by atoms with E-state index in [4.69, 9.17) is 9.26 Å². The Balaban J connectivity index is 1.47. The Labute approximate surface area is 167 Å². The highest BCUT2D eigenvalue weighted by Gasteiger charge is 2.17. The van der Waals surface area contributed by atoms with Crippen LogP contribution in [-0.4, -0.2) is 39.9 Å². The van der Waals surface area contributed by atoms with E-state index in [1.54, 1.807) is 12.3 Å². The van der Waals surface area contributed by atoms with Crippen LogP contribution in [-0.2, 0) is 16.1 Å². The average Bonchev–Trinajstić information content (AvgIpc) is 3.41. The number of hydrogen-bond acceptors (Lipinski definition) is 6. The molecule has 1 amide bonds.